The minimum atomic E-state index is -3.45. The fraction of sp³-hybridized carbons (Fsp3) is 0.600. The summed E-state index contributed by atoms with van der Waals surface area (Å²) in [5.41, 5.74) is -0.219. The molecule has 0 radical (unpaired) electrons. The van der Waals surface area contributed by atoms with Crippen LogP contribution in [0.3, 0.4) is 0 Å². The van der Waals surface area contributed by atoms with Crippen LogP contribution in [0.4, 0.5) is 5.82 Å². The van der Waals surface area contributed by atoms with E-state index in [4.69, 9.17) is 5.14 Å². The molecule has 0 saturated heterocycles. The highest BCUT2D eigenvalue weighted by Crippen LogP contribution is 2.01. The maximum absolute atomic E-state index is 11.9. The summed E-state index contributed by atoms with van der Waals surface area (Å²) in [5, 5.41) is 7.69. The Balaban J connectivity index is 2.64. The molecule has 0 aliphatic heterocycles. The van der Waals surface area contributed by atoms with Crippen LogP contribution in [0.5, 0.6) is 0 Å². The molecule has 18 heavy (non-hydrogen) atoms. The fourth-order valence-corrected chi connectivity index (χ4v) is 1.98. The number of nitrogens with one attached hydrogen (secondary N) is 1. The topological polar surface area (TPSA) is 107 Å². The van der Waals surface area contributed by atoms with E-state index in [0.717, 1.165) is 0 Å². The second-order valence-corrected chi connectivity index (χ2v) is 5.96. The zero-order valence-electron chi connectivity index (χ0n) is 10.5. The molecular weight excluding hydrogens is 256 g/mol. The van der Waals surface area contributed by atoms with E-state index in [2.05, 4.69) is 10.3 Å². The number of sulfonamides is 1. The molecule has 0 amide bonds. The molecule has 0 aromatic carbocycles. The van der Waals surface area contributed by atoms with E-state index in [1.807, 2.05) is 13.8 Å². The summed E-state index contributed by atoms with van der Waals surface area (Å²) in [4.78, 5) is 15.8. The van der Waals surface area contributed by atoms with Crippen LogP contribution in [0.2, 0.25) is 0 Å². The summed E-state index contributed by atoms with van der Waals surface area (Å²) >= 11 is 0. The first-order valence-corrected chi connectivity index (χ1v) is 7.34. The summed E-state index contributed by atoms with van der Waals surface area (Å²) in [6.45, 7) is 4.12. The van der Waals surface area contributed by atoms with Crippen LogP contribution in [0.1, 0.15) is 26.3 Å². The normalized spacial score (nSPS) is 11.8. The number of rotatable bonds is 6. The Morgan fingerprint density at radius 3 is 2.72 bits per heavy atom. The second-order valence-electron chi connectivity index (χ2n) is 4.23. The van der Waals surface area contributed by atoms with Gasteiger partial charge in [-0.25, -0.2) is 18.5 Å². The Hall–Kier alpha value is -1.41. The van der Waals surface area contributed by atoms with Crippen molar-refractivity contribution >= 4 is 15.8 Å². The number of anilines is 1. The monoisotopic (exact) mass is 274 g/mol. The molecule has 0 unspecified atom stereocenters. The average Bonchev–Trinajstić information content (AvgIpc) is 2.24. The van der Waals surface area contributed by atoms with Gasteiger partial charge in [0.05, 0.1) is 5.75 Å². The molecular formula is C10H18N4O3S. The highest BCUT2D eigenvalue weighted by molar-refractivity contribution is 7.89. The zero-order valence-corrected chi connectivity index (χ0v) is 11.3. The van der Waals surface area contributed by atoms with Crippen molar-refractivity contribution in [2.24, 2.45) is 5.14 Å². The van der Waals surface area contributed by atoms with Crippen molar-refractivity contribution in [3.05, 3.63) is 22.7 Å². The first kappa shape index (κ1) is 14.7. The minimum Gasteiger partial charge on any atom is -0.365 e. The number of hydrogen-bond acceptors (Lipinski definition) is 5. The molecule has 1 heterocycles. The van der Waals surface area contributed by atoms with Crippen LogP contribution in [0, 0.1) is 0 Å². The van der Waals surface area contributed by atoms with Crippen LogP contribution in [-0.4, -0.2) is 30.3 Å². The average molecular weight is 274 g/mol. The minimum absolute atomic E-state index is 0.0467. The molecule has 7 nitrogen and oxygen atoms in total. The first-order chi connectivity index (χ1) is 8.31. The number of primary sulfonamides is 1. The van der Waals surface area contributed by atoms with E-state index in [9.17, 15) is 13.2 Å². The van der Waals surface area contributed by atoms with Crippen molar-refractivity contribution in [3.63, 3.8) is 0 Å². The van der Waals surface area contributed by atoms with E-state index < -0.39 is 10.0 Å². The van der Waals surface area contributed by atoms with Gasteiger partial charge in [-0.1, -0.05) is 0 Å². The fourth-order valence-electron chi connectivity index (χ4n) is 1.43. The van der Waals surface area contributed by atoms with Gasteiger partial charge in [0.15, 0.2) is 5.82 Å². The molecule has 0 spiro atoms. The van der Waals surface area contributed by atoms with Gasteiger partial charge in [0.2, 0.25) is 10.0 Å². The largest absolute Gasteiger partial charge is 0.365 e. The van der Waals surface area contributed by atoms with Gasteiger partial charge in [0, 0.05) is 25.0 Å². The summed E-state index contributed by atoms with van der Waals surface area (Å²) in [5.74, 6) is 0.103. The number of aromatic nitrogens is 2. The van der Waals surface area contributed by atoms with Crippen molar-refractivity contribution in [3.8, 4) is 0 Å². The van der Waals surface area contributed by atoms with Gasteiger partial charge >= 0.3 is 0 Å². The lowest BCUT2D eigenvalue weighted by Gasteiger charge is -2.11. The summed E-state index contributed by atoms with van der Waals surface area (Å²) < 4.78 is 23.0. The Labute approximate surface area is 106 Å². The molecule has 3 N–H and O–H groups in total. The number of nitrogens with zero attached hydrogens (tertiary/aromatic N) is 2. The highest BCUT2D eigenvalue weighted by atomic mass is 32.2. The van der Waals surface area contributed by atoms with E-state index in [1.165, 1.54) is 6.20 Å². The van der Waals surface area contributed by atoms with Gasteiger partial charge in [-0.05, 0) is 20.3 Å². The Kier molecular flexibility index (Phi) is 4.85. The molecule has 0 saturated carbocycles. The van der Waals surface area contributed by atoms with Crippen LogP contribution < -0.4 is 16.0 Å². The molecule has 0 aliphatic rings. The van der Waals surface area contributed by atoms with Gasteiger partial charge in [0.1, 0.15) is 0 Å². The first-order valence-electron chi connectivity index (χ1n) is 5.63. The van der Waals surface area contributed by atoms with Crippen molar-refractivity contribution in [1.82, 2.24) is 9.55 Å². The zero-order chi connectivity index (χ0) is 13.8. The van der Waals surface area contributed by atoms with Crippen molar-refractivity contribution in [1.29, 1.82) is 0 Å². The second kappa shape index (κ2) is 5.96. The van der Waals surface area contributed by atoms with E-state index in [1.54, 1.807) is 10.8 Å². The lowest BCUT2D eigenvalue weighted by Crippen LogP contribution is -2.26. The predicted octanol–water partition coefficient (Wildman–Crippen LogP) is -0.0853. The maximum Gasteiger partial charge on any atom is 0.293 e. The molecule has 1 aromatic rings. The van der Waals surface area contributed by atoms with E-state index >= 15 is 0 Å². The van der Waals surface area contributed by atoms with Crippen LogP contribution in [0.25, 0.3) is 0 Å². The van der Waals surface area contributed by atoms with Gasteiger partial charge in [0.25, 0.3) is 5.56 Å². The molecule has 1 rings (SSSR count). The lowest BCUT2D eigenvalue weighted by molar-refractivity contribution is 0.575. The summed E-state index contributed by atoms with van der Waals surface area (Å²) in [6, 6.07) is 0.0467. The third kappa shape index (κ3) is 4.46. The highest BCUT2D eigenvalue weighted by Gasteiger charge is 2.07. The van der Waals surface area contributed by atoms with E-state index in [0.29, 0.717) is 13.0 Å². The lowest BCUT2D eigenvalue weighted by atomic mass is 10.4. The van der Waals surface area contributed by atoms with E-state index in [-0.39, 0.29) is 23.2 Å². The standard InChI is InChI=1S/C10H18N4O3S/c1-8(2)14-6-5-13-9(10(14)15)12-4-3-7-18(11,16)17/h5-6,8H,3-4,7H2,1-2H3,(H,12,13)(H2,11,16,17). The number of nitrogens with two attached hydrogens (primary N) is 1. The van der Waals surface area contributed by atoms with Crippen molar-refractivity contribution in [2.45, 2.75) is 26.3 Å². The van der Waals surface area contributed by atoms with Crippen LogP contribution in [0.15, 0.2) is 17.2 Å². The molecule has 8 heteroatoms. The summed E-state index contributed by atoms with van der Waals surface area (Å²) in [7, 11) is -3.45. The molecule has 102 valence electrons. The van der Waals surface area contributed by atoms with Gasteiger partial charge in [-0.2, -0.15) is 0 Å². The molecule has 0 aliphatic carbocycles. The smallest absolute Gasteiger partial charge is 0.293 e. The van der Waals surface area contributed by atoms with Crippen LogP contribution >= 0.6 is 0 Å². The van der Waals surface area contributed by atoms with Gasteiger partial charge < -0.3 is 9.88 Å². The Morgan fingerprint density at radius 2 is 2.17 bits per heavy atom. The Morgan fingerprint density at radius 1 is 1.50 bits per heavy atom. The Bertz CT molecular complexity index is 550. The summed E-state index contributed by atoms with van der Waals surface area (Å²) in [6.07, 6.45) is 3.47. The molecule has 1 aromatic heterocycles. The SMILES string of the molecule is CC(C)n1ccnc(NCCCS(N)(=O)=O)c1=O. The third-order valence-electron chi connectivity index (χ3n) is 2.32. The predicted molar refractivity (Wildman–Crippen MR) is 70.0 cm³/mol. The van der Waals surface area contributed by atoms with Crippen molar-refractivity contribution < 1.29 is 8.42 Å². The third-order valence-corrected chi connectivity index (χ3v) is 3.18. The molecule has 0 bridgehead atoms. The number of hydrogen-bond donors (Lipinski definition) is 2. The molecule has 0 atom stereocenters. The maximum atomic E-state index is 11.9. The quantitative estimate of drug-likeness (QED) is 0.705. The van der Waals surface area contributed by atoms with Gasteiger partial charge in [-0.15, -0.1) is 0 Å². The van der Waals surface area contributed by atoms with Gasteiger partial charge in [-0.3, -0.25) is 4.79 Å². The van der Waals surface area contributed by atoms with Crippen LogP contribution in [-0.2, 0) is 10.0 Å². The van der Waals surface area contributed by atoms with Crippen molar-refractivity contribution in [2.75, 3.05) is 17.6 Å². The molecule has 0 fully saturated rings.